The number of rotatable bonds is 4. The van der Waals surface area contributed by atoms with E-state index >= 15 is 0 Å². The van der Waals surface area contributed by atoms with Crippen LogP contribution in [0.3, 0.4) is 0 Å². The lowest BCUT2D eigenvalue weighted by molar-refractivity contribution is 0.390. The van der Waals surface area contributed by atoms with Crippen molar-refractivity contribution < 1.29 is 5.11 Å². The van der Waals surface area contributed by atoms with Crippen LogP contribution in [-0.4, -0.2) is 9.03 Å². The predicted octanol–water partition coefficient (Wildman–Crippen LogP) is 3.95. The van der Waals surface area contributed by atoms with E-state index in [9.17, 15) is 5.11 Å². The van der Waals surface area contributed by atoms with Crippen molar-refractivity contribution in [2.24, 2.45) is 5.92 Å². The van der Waals surface area contributed by atoms with Gasteiger partial charge in [0.15, 0.2) is 0 Å². The van der Waals surface area contributed by atoms with Gasteiger partial charge < -0.3 is 5.11 Å². The minimum Gasteiger partial charge on any atom is -0.510 e. The summed E-state index contributed by atoms with van der Waals surface area (Å²) in [6.07, 6.45) is 2.22. The van der Waals surface area contributed by atoms with E-state index in [0.717, 1.165) is 17.7 Å². The lowest BCUT2D eigenvalue weighted by atomic mass is 10.0. The molecule has 0 radical (unpaired) electrons. The number of alkyl halides is 1. The summed E-state index contributed by atoms with van der Waals surface area (Å²) < 4.78 is 0.161. The first-order valence-electron chi connectivity index (χ1n) is 4.26. The first-order valence-corrected chi connectivity index (χ1v) is 5.96. The fourth-order valence-electron chi connectivity index (χ4n) is 1.03. The van der Waals surface area contributed by atoms with Crippen molar-refractivity contribution in [3.05, 3.63) is 10.7 Å². The molecule has 12 heavy (non-hydrogen) atoms. The second kappa shape index (κ2) is 6.13. The van der Waals surface area contributed by atoms with Crippen LogP contribution < -0.4 is 0 Å². The Hall–Kier alpha value is 0.620. The molecule has 3 heteroatoms. The van der Waals surface area contributed by atoms with Crippen LogP contribution in [0.5, 0.6) is 0 Å². The molecule has 0 rings (SSSR count). The molecule has 0 aliphatic carbocycles. The third-order valence-corrected chi connectivity index (χ3v) is 3.09. The number of aliphatic hydroxyl groups is 1. The Bertz CT molecular complexity index is 166. The number of hydrogen-bond donors (Lipinski definition) is 2. The van der Waals surface area contributed by atoms with Crippen LogP contribution in [0.1, 0.15) is 33.6 Å². The molecule has 0 heterocycles. The van der Waals surface area contributed by atoms with Gasteiger partial charge in [0.1, 0.15) is 5.76 Å². The molecular formula is C9H17IOS. The lowest BCUT2D eigenvalue weighted by Crippen LogP contribution is -2.04. The first-order chi connectivity index (χ1) is 5.50. The summed E-state index contributed by atoms with van der Waals surface area (Å²) in [6.45, 7) is 6.20. The zero-order chi connectivity index (χ0) is 9.72. The van der Waals surface area contributed by atoms with Crippen molar-refractivity contribution in [2.45, 2.75) is 37.5 Å². The van der Waals surface area contributed by atoms with E-state index in [0.29, 0.717) is 11.7 Å². The Morgan fingerprint density at radius 3 is 2.33 bits per heavy atom. The Balaban J connectivity index is 4.32. The Kier molecular flexibility index (Phi) is 6.45. The summed E-state index contributed by atoms with van der Waals surface area (Å²) in [5.74, 6) is 0.815. The van der Waals surface area contributed by atoms with Gasteiger partial charge in [0.05, 0.1) is 3.92 Å². The molecule has 72 valence electrons. The minimum absolute atomic E-state index is 0.161. The normalized spacial score (nSPS) is 18.4. The predicted molar refractivity (Wildman–Crippen MR) is 66.2 cm³/mol. The van der Waals surface area contributed by atoms with Crippen LogP contribution in [-0.2, 0) is 0 Å². The fourth-order valence-corrected chi connectivity index (χ4v) is 1.93. The summed E-state index contributed by atoms with van der Waals surface area (Å²) in [5.41, 5.74) is 0. The SMILES string of the molecule is CCCC(C)/C(S)=C(\O)C(C)I. The number of halogens is 1. The second-order valence-electron chi connectivity index (χ2n) is 3.08. The van der Waals surface area contributed by atoms with Gasteiger partial charge in [0, 0.05) is 4.91 Å². The molecule has 1 N–H and O–H groups in total. The Labute approximate surface area is 94.2 Å². The highest BCUT2D eigenvalue weighted by Gasteiger charge is 2.12. The summed E-state index contributed by atoms with van der Waals surface area (Å²) in [4.78, 5) is 0.846. The minimum atomic E-state index is 0.161. The van der Waals surface area contributed by atoms with Crippen molar-refractivity contribution >= 4 is 35.2 Å². The van der Waals surface area contributed by atoms with E-state index < -0.39 is 0 Å². The van der Waals surface area contributed by atoms with Gasteiger partial charge in [0.25, 0.3) is 0 Å². The van der Waals surface area contributed by atoms with Gasteiger partial charge in [-0.3, -0.25) is 0 Å². The summed E-state index contributed by atoms with van der Waals surface area (Å²) >= 11 is 6.51. The van der Waals surface area contributed by atoms with Crippen LogP contribution in [0, 0.1) is 5.92 Å². The van der Waals surface area contributed by atoms with Gasteiger partial charge in [-0.15, -0.1) is 12.6 Å². The standard InChI is InChI=1S/C9H17IOS/c1-4-5-6(2)9(12)8(11)7(3)10/h6-7,11-12H,4-5H2,1-3H3/b9-8+. The highest BCUT2D eigenvalue weighted by atomic mass is 127. The molecule has 1 nitrogen and oxygen atoms in total. The molecule has 0 fully saturated rings. The molecule has 0 saturated carbocycles. The third-order valence-electron chi connectivity index (χ3n) is 1.83. The van der Waals surface area contributed by atoms with Gasteiger partial charge >= 0.3 is 0 Å². The van der Waals surface area contributed by atoms with E-state index in [1.165, 1.54) is 0 Å². The maximum Gasteiger partial charge on any atom is 0.114 e. The van der Waals surface area contributed by atoms with Crippen LogP contribution in [0.15, 0.2) is 10.7 Å². The van der Waals surface area contributed by atoms with Gasteiger partial charge in [0.2, 0.25) is 0 Å². The number of allylic oxidation sites excluding steroid dienone is 2. The van der Waals surface area contributed by atoms with Crippen molar-refractivity contribution in [1.82, 2.24) is 0 Å². The highest BCUT2D eigenvalue weighted by Crippen LogP contribution is 2.25. The maximum absolute atomic E-state index is 9.59. The van der Waals surface area contributed by atoms with Crippen molar-refractivity contribution in [3.63, 3.8) is 0 Å². The summed E-state index contributed by atoms with van der Waals surface area (Å²) in [6, 6.07) is 0. The monoisotopic (exact) mass is 300 g/mol. The van der Waals surface area contributed by atoms with E-state index in [1.807, 2.05) is 6.92 Å². The lowest BCUT2D eigenvalue weighted by Gasteiger charge is -2.13. The smallest absolute Gasteiger partial charge is 0.114 e. The molecule has 0 aromatic rings. The van der Waals surface area contributed by atoms with Crippen LogP contribution in [0.25, 0.3) is 0 Å². The molecule has 0 aromatic carbocycles. The van der Waals surface area contributed by atoms with Crippen molar-refractivity contribution in [3.8, 4) is 0 Å². The van der Waals surface area contributed by atoms with E-state index in [1.54, 1.807) is 0 Å². The van der Waals surface area contributed by atoms with Crippen LogP contribution in [0.2, 0.25) is 0 Å². The Morgan fingerprint density at radius 2 is 2.00 bits per heavy atom. The summed E-state index contributed by atoms with van der Waals surface area (Å²) in [5, 5.41) is 9.59. The molecule has 0 saturated heterocycles. The van der Waals surface area contributed by atoms with E-state index in [-0.39, 0.29) is 3.92 Å². The average Bonchev–Trinajstić information content (AvgIpc) is 2.02. The highest BCUT2D eigenvalue weighted by molar-refractivity contribution is 14.1. The van der Waals surface area contributed by atoms with Gasteiger partial charge in [-0.25, -0.2) is 0 Å². The molecule has 2 unspecified atom stereocenters. The van der Waals surface area contributed by atoms with Crippen molar-refractivity contribution in [2.75, 3.05) is 0 Å². The van der Waals surface area contributed by atoms with Gasteiger partial charge in [-0.2, -0.15) is 0 Å². The average molecular weight is 300 g/mol. The van der Waals surface area contributed by atoms with E-state index in [4.69, 9.17) is 0 Å². The first kappa shape index (κ1) is 12.6. The Morgan fingerprint density at radius 1 is 1.50 bits per heavy atom. The number of aliphatic hydroxyl groups excluding tert-OH is 1. The van der Waals surface area contributed by atoms with Crippen LogP contribution >= 0.6 is 35.2 Å². The molecule has 0 aromatic heterocycles. The molecule has 0 amide bonds. The number of hydrogen-bond acceptors (Lipinski definition) is 2. The topological polar surface area (TPSA) is 20.2 Å². The fraction of sp³-hybridized carbons (Fsp3) is 0.778. The maximum atomic E-state index is 9.59. The molecule has 2 atom stereocenters. The summed E-state index contributed by atoms with van der Waals surface area (Å²) in [7, 11) is 0. The van der Waals surface area contributed by atoms with Crippen LogP contribution in [0.4, 0.5) is 0 Å². The number of thiol groups is 1. The molecule has 0 bridgehead atoms. The molecule has 0 aliphatic rings. The molecular weight excluding hydrogens is 283 g/mol. The van der Waals surface area contributed by atoms with Gasteiger partial charge in [-0.1, -0.05) is 42.9 Å². The van der Waals surface area contributed by atoms with Gasteiger partial charge in [-0.05, 0) is 19.3 Å². The third kappa shape index (κ3) is 4.03. The second-order valence-corrected chi connectivity index (χ2v) is 5.43. The largest absolute Gasteiger partial charge is 0.510 e. The zero-order valence-corrected chi connectivity index (χ0v) is 10.9. The zero-order valence-electron chi connectivity index (χ0n) is 7.84. The molecule has 0 spiro atoms. The van der Waals surface area contributed by atoms with E-state index in [2.05, 4.69) is 49.1 Å². The molecule has 0 aliphatic heterocycles. The quantitative estimate of drug-likeness (QED) is 0.349. The van der Waals surface area contributed by atoms with Crippen molar-refractivity contribution in [1.29, 1.82) is 0 Å².